The van der Waals surface area contributed by atoms with E-state index in [1.54, 1.807) is 34.5 Å². The van der Waals surface area contributed by atoms with Crippen LogP contribution >= 0.6 is 23.1 Å². The van der Waals surface area contributed by atoms with Gasteiger partial charge in [-0.2, -0.15) is 5.10 Å². The van der Waals surface area contributed by atoms with Crippen LogP contribution in [0.2, 0.25) is 0 Å². The van der Waals surface area contributed by atoms with Crippen LogP contribution in [0.25, 0.3) is 5.69 Å². The van der Waals surface area contributed by atoms with Gasteiger partial charge < -0.3 is 19.5 Å². The summed E-state index contributed by atoms with van der Waals surface area (Å²) in [6.45, 7) is 4.59. The number of nitrogens with zero attached hydrogens (tertiary/aromatic N) is 5. The van der Waals surface area contributed by atoms with Crippen LogP contribution < -0.4 is 19.5 Å². The van der Waals surface area contributed by atoms with Gasteiger partial charge >= 0.3 is 0 Å². The van der Waals surface area contributed by atoms with Crippen molar-refractivity contribution in [3.63, 3.8) is 0 Å². The number of thioether (sulfide) groups is 1. The second-order valence-corrected chi connectivity index (χ2v) is 13.0. The maximum absolute atomic E-state index is 13.9. The van der Waals surface area contributed by atoms with E-state index in [9.17, 15) is 9.59 Å². The van der Waals surface area contributed by atoms with E-state index >= 15 is 0 Å². The van der Waals surface area contributed by atoms with Crippen LogP contribution in [0, 0.1) is 6.92 Å². The van der Waals surface area contributed by atoms with Gasteiger partial charge in [-0.05, 0) is 73.3 Å². The number of aryl methyl sites for hydroxylation is 1. The van der Waals surface area contributed by atoms with Gasteiger partial charge in [0.15, 0.2) is 22.5 Å². The molecule has 1 aliphatic rings. The van der Waals surface area contributed by atoms with Crippen LogP contribution in [0.3, 0.4) is 0 Å². The Hall–Kier alpha value is -5.14. The highest BCUT2D eigenvalue weighted by atomic mass is 32.2. The summed E-state index contributed by atoms with van der Waals surface area (Å²) >= 11 is 2.88. The van der Waals surface area contributed by atoms with Crippen molar-refractivity contribution in [3.8, 4) is 22.9 Å². The van der Waals surface area contributed by atoms with Crippen molar-refractivity contribution in [2.24, 2.45) is 5.10 Å². The molecule has 0 bridgehead atoms. The number of hydrogen-bond acceptors (Lipinski definition) is 10. The number of methoxy groups -OCH3 is 2. The summed E-state index contributed by atoms with van der Waals surface area (Å²) < 4.78 is 18.1. The third kappa shape index (κ3) is 7.63. The summed E-state index contributed by atoms with van der Waals surface area (Å²) in [5, 5.41) is 20.7. The highest BCUT2D eigenvalue weighted by Gasteiger charge is 2.33. The number of aromatic nitrogens is 3. The van der Waals surface area contributed by atoms with Crippen molar-refractivity contribution < 1.29 is 23.8 Å². The van der Waals surface area contributed by atoms with Gasteiger partial charge in [0.25, 0.3) is 11.8 Å². The number of hydrogen-bond donors (Lipinski definition) is 1. The van der Waals surface area contributed by atoms with Gasteiger partial charge in [0.2, 0.25) is 0 Å². The van der Waals surface area contributed by atoms with E-state index < -0.39 is 0 Å². The summed E-state index contributed by atoms with van der Waals surface area (Å²) in [4.78, 5) is 28.1. The summed E-state index contributed by atoms with van der Waals surface area (Å²) in [6, 6.07) is 24.5. The third-order valence-corrected chi connectivity index (χ3v) is 9.75. The minimum absolute atomic E-state index is 0.0801. The van der Waals surface area contributed by atoms with E-state index in [0.717, 1.165) is 33.2 Å². The minimum atomic E-state index is -0.317. The molecule has 2 amide bonds. The van der Waals surface area contributed by atoms with E-state index in [-0.39, 0.29) is 30.2 Å². The summed E-state index contributed by atoms with van der Waals surface area (Å²) in [5.74, 6) is 1.81. The minimum Gasteiger partial charge on any atom is -0.494 e. The quantitative estimate of drug-likeness (QED) is 0.140. The molecular weight excluding hydrogens is 661 g/mol. The average Bonchev–Trinajstić information content (AvgIpc) is 3.91. The fraction of sp³-hybridized carbons (Fsp3) is 0.250. The Morgan fingerprint density at radius 1 is 0.980 bits per heavy atom. The number of thiophene rings is 1. The number of benzene rings is 3. The first-order chi connectivity index (χ1) is 23.9. The molecule has 1 atom stereocenters. The maximum Gasteiger partial charge on any atom is 0.253 e. The average molecular weight is 697 g/mol. The fourth-order valence-electron chi connectivity index (χ4n) is 5.44. The molecule has 3 heterocycles. The highest BCUT2D eigenvalue weighted by Crippen LogP contribution is 2.35. The molecule has 0 radical (unpaired) electrons. The topological polar surface area (TPSA) is 120 Å². The van der Waals surface area contributed by atoms with E-state index in [1.165, 1.54) is 26.0 Å². The Bertz CT molecular complexity index is 1940. The van der Waals surface area contributed by atoms with E-state index in [2.05, 4.69) is 39.8 Å². The molecule has 0 saturated heterocycles. The molecule has 0 fully saturated rings. The summed E-state index contributed by atoms with van der Waals surface area (Å²) in [6.07, 6.45) is 0.631. The molecule has 49 heavy (non-hydrogen) atoms. The molecule has 0 aliphatic carbocycles. The van der Waals surface area contributed by atoms with E-state index in [1.807, 2.05) is 60.2 Å². The predicted molar refractivity (Wildman–Crippen MR) is 190 cm³/mol. The lowest BCUT2D eigenvalue weighted by molar-refractivity contribution is -0.130. The van der Waals surface area contributed by atoms with Crippen molar-refractivity contribution in [2.45, 2.75) is 38.0 Å². The molecule has 0 spiro atoms. The second kappa shape index (κ2) is 15.4. The van der Waals surface area contributed by atoms with Crippen molar-refractivity contribution >= 4 is 40.6 Å². The molecule has 1 aliphatic heterocycles. The van der Waals surface area contributed by atoms with Crippen LogP contribution in [0.4, 0.5) is 0 Å². The first-order valence-corrected chi connectivity index (χ1v) is 17.6. The van der Waals surface area contributed by atoms with Gasteiger partial charge in [-0.3, -0.25) is 14.2 Å². The van der Waals surface area contributed by atoms with Gasteiger partial charge in [0.1, 0.15) is 5.75 Å². The smallest absolute Gasteiger partial charge is 0.253 e. The molecular formula is C36H36N6O5S2. The highest BCUT2D eigenvalue weighted by molar-refractivity contribution is 7.99. The van der Waals surface area contributed by atoms with Crippen molar-refractivity contribution in [3.05, 3.63) is 112 Å². The number of ether oxygens (including phenoxy) is 3. The van der Waals surface area contributed by atoms with Crippen LogP contribution in [0.15, 0.2) is 94.5 Å². The van der Waals surface area contributed by atoms with Crippen LogP contribution in [-0.4, -0.2) is 63.9 Å². The zero-order chi connectivity index (χ0) is 34.3. The molecule has 1 N–H and O–H groups in total. The Kier molecular flexibility index (Phi) is 10.6. The Morgan fingerprint density at radius 2 is 1.76 bits per heavy atom. The van der Waals surface area contributed by atoms with Gasteiger partial charge in [0, 0.05) is 17.7 Å². The third-order valence-electron chi connectivity index (χ3n) is 7.92. The van der Waals surface area contributed by atoms with Crippen LogP contribution in [0.5, 0.6) is 17.2 Å². The molecule has 0 saturated carbocycles. The van der Waals surface area contributed by atoms with Crippen LogP contribution in [-0.2, 0) is 11.3 Å². The number of carbonyl (C=O) groups is 2. The first-order valence-electron chi connectivity index (χ1n) is 15.7. The lowest BCUT2D eigenvalue weighted by atomic mass is 10.00. The zero-order valence-corrected chi connectivity index (χ0v) is 29.2. The Morgan fingerprint density at radius 3 is 2.45 bits per heavy atom. The van der Waals surface area contributed by atoms with Crippen LogP contribution in [0.1, 0.15) is 51.6 Å². The molecule has 1 unspecified atom stereocenters. The van der Waals surface area contributed by atoms with Crippen molar-refractivity contribution in [2.75, 3.05) is 26.6 Å². The van der Waals surface area contributed by atoms with Gasteiger partial charge in [0.05, 0.1) is 49.8 Å². The van der Waals surface area contributed by atoms with E-state index in [0.29, 0.717) is 41.1 Å². The number of hydrazone groups is 1. The molecule has 252 valence electrons. The molecule has 11 nitrogen and oxygen atoms in total. The first kappa shape index (κ1) is 33.7. The SMILES string of the molecule is CCOc1ccc(-n2c(CNC(=O)c3ccc(OC)c(OC)c3)nnc2SCC(=O)N2N=C(c3cccs3)CC2c2ccc(C)cc2)cc1. The normalized spacial score (nSPS) is 14.0. The monoisotopic (exact) mass is 696 g/mol. The zero-order valence-electron chi connectivity index (χ0n) is 27.6. The predicted octanol–water partition coefficient (Wildman–Crippen LogP) is 6.45. The van der Waals surface area contributed by atoms with Gasteiger partial charge in [-0.25, -0.2) is 5.01 Å². The second-order valence-electron chi connectivity index (χ2n) is 11.1. The summed E-state index contributed by atoms with van der Waals surface area (Å²) in [7, 11) is 3.06. The maximum atomic E-state index is 13.9. The van der Waals surface area contributed by atoms with Gasteiger partial charge in [-0.15, -0.1) is 21.5 Å². The van der Waals surface area contributed by atoms with E-state index in [4.69, 9.17) is 19.3 Å². The largest absolute Gasteiger partial charge is 0.494 e. The Balaban J connectivity index is 1.24. The molecule has 13 heteroatoms. The molecule has 5 aromatic rings. The summed E-state index contributed by atoms with van der Waals surface area (Å²) in [5.41, 5.74) is 4.24. The molecule has 6 rings (SSSR count). The number of amides is 2. The number of carbonyl (C=O) groups excluding carboxylic acids is 2. The standard InChI is InChI=1S/C36H36N6O5S2/c1-5-47-27-15-13-26(14-16-27)41-33(21-37-35(44)25-12-17-30(45-3)31(19-25)46-4)38-39-36(41)49-22-34(43)42-29(24-10-8-23(2)9-11-24)20-28(40-42)32-7-6-18-48-32/h6-19,29H,5,20-22H2,1-4H3,(H,37,44). The number of nitrogens with one attached hydrogen (secondary N) is 1. The molecule has 3 aromatic carbocycles. The lowest BCUT2D eigenvalue weighted by Gasteiger charge is -2.22. The lowest BCUT2D eigenvalue weighted by Crippen LogP contribution is -2.28. The number of rotatable bonds is 13. The Labute approximate surface area is 292 Å². The van der Waals surface area contributed by atoms with Gasteiger partial charge in [-0.1, -0.05) is 47.7 Å². The van der Waals surface area contributed by atoms with Crippen molar-refractivity contribution in [1.82, 2.24) is 25.1 Å². The molecule has 2 aromatic heterocycles. The fourth-order valence-corrected chi connectivity index (χ4v) is 6.98. The van der Waals surface area contributed by atoms with Crippen molar-refractivity contribution in [1.29, 1.82) is 0 Å².